The van der Waals surface area contributed by atoms with Crippen LogP contribution >= 0.6 is 0 Å². The Kier molecular flexibility index (Phi) is 7.55. The number of rotatable bonds is 7. The molecule has 1 aliphatic carbocycles. The topological polar surface area (TPSA) is 76.7 Å². The fraction of sp³-hybridized carbons (Fsp3) is 0.700. The van der Waals surface area contributed by atoms with Gasteiger partial charge in [-0.2, -0.15) is 0 Å². The van der Waals surface area contributed by atoms with Crippen molar-refractivity contribution in [3.8, 4) is 0 Å². The van der Waals surface area contributed by atoms with Crippen molar-refractivity contribution in [2.24, 2.45) is 11.7 Å². The van der Waals surface area contributed by atoms with Crippen molar-refractivity contribution in [3.63, 3.8) is 0 Å². The highest BCUT2D eigenvalue weighted by molar-refractivity contribution is 5.19. The minimum Gasteiger partial charge on any atom is -0.390 e. The lowest BCUT2D eigenvalue weighted by Crippen LogP contribution is -2.58. The van der Waals surface area contributed by atoms with Gasteiger partial charge in [-0.3, -0.25) is 0 Å². The van der Waals surface area contributed by atoms with Crippen LogP contribution in [0.5, 0.6) is 0 Å². The van der Waals surface area contributed by atoms with E-state index in [9.17, 15) is 13.9 Å². The second kappa shape index (κ2) is 9.89. The molecule has 27 heavy (non-hydrogen) atoms. The fourth-order valence-electron chi connectivity index (χ4n) is 3.92. The molecule has 7 heteroatoms. The Balaban J connectivity index is 1.41. The number of aliphatic hydroxyl groups excluding tert-OH is 1. The lowest BCUT2D eigenvalue weighted by atomic mass is 9.90. The van der Waals surface area contributed by atoms with E-state index >= 15 is 0 Å². The Hall–Kier alpha value is -1.12. The average Bonchev–Trinajstić information content (AvgIpc) is 2.66. The van der Waals surface area contributed by atoms with Crippen LogP contribution in [0.1, 0.15) is 37.7 Å². The molecule has 0 spiro atoms. The van der Waals surface area contributed by atoms with Crippen LogP contribution in [-0.4, -0.2) is 49.3 Å². The average molecular weight is 384 g/mol. The quantitative estimate of drug-likeness (QED) is 0.671. The summed E-state index contributed by atoms with van der Waals surface area (Å²) in [5, 5.41) is 13.7. The molecule has 152 valence electrons. The minimum absolute atomic E-state index is 0.176. The van der Waals surface area contributed by atoms with Crippen LogP contribution in [-0.2, 0) is 15.9 Å². The Labute approximate surface area is 159 Å². The van der Waals surface area contributed by atoms with E-state index in [1.807, 2.05) is 0 Å². The number of benzene rings is 1. The van der Waals surface area contributed by atoms with Crippen molar-refractivity contribution in [2.75, 3.05) is 19.8 Å². The van der Waals surface area contributed by atoms with E-state index in [0.29, 0.717) is 24.6 Å². The van der Waals surface area contributed by atoms with E-state index in [1.165, 1.54) is 44.2 Å². The van der Waals surface area contributed by atoms with Gasteiger partial charge in [0.1, 0.15) is 11.6 Å². The maximum Gasteiger partial charge on any atom is 0.169 e. The Morgan fingerprint density at radius 3 is 2.52 bits per heavy atom. The first-order chi connectivity index (χ1) is 13.0. The summed E-state index contributed by atoms with van der Waals surface area (Å²) in [4.78, 5) is 0. The number of morpholine rings is 1. The molecule has 1 saturated heterocycles. The Morgan fingerprint density at radius 1 is 1.19 bits per heavy atom. The van der Waals surface area contributed by atoms with Gasteiger partial charge in [0.25, 0.3) is 0 Å². The molecule has 1 heterocycles. The van der Waals surface area contributed by atoms with E-state index in [4.69, 9.17) is 15.2 Å². The van der Waals surface area contributed by atoms with Crippen LogP contribution in [0.15, 0.2) is 18.2 Å². The summed E-state index contributed by atoms with van der Waals surface area (Å²) in [6.45, 7) is 1.47. The molecule has 0 amide bonds. The largest absolute Gasteiger partial charge is 0.390 e. The number of hydrogen-bond acceptors (Lipinski definition) is 5. The van der Waals surface area contributed by atoms with Gasteiger partial charge in [0.2, 0.25) is 0 Å². The highest BCUT2D eigenvalue weighted by atomic mass is 19.1. The summed E-state index contributed by atoms with van der Waals surface area (Å²) in [7, 11) is 0. The highest BCUT2D eigenvalue weighted by Crippen LogP contribution is 2.24. The molecule has 0 radical (unpaired) electrons. The zero-order valence-corrected chi connectivity index (χ0v) is 15.6. The summed E-state index contributed by atoms with van der Waals surface area (Å²) in [6, 6.07) is 2.28. The zero-order valence-electron chi connectivity index (χ0n) is 15.6. The smallest absolute Gasteiger partial charge is 0.169 e. The van der Waals surface area contributed by atoms with Crippen molar-refractivity contribution in [1.82, 2.24) is 5.32 Å². The number of nitrogens with one attached hydrogen (secondary N) is 1. The molecule has 2 aliphatic rings. The number of halogens is 2. The van der Waals surface area contributed by atoms with Gasteiger partial charge in [0.05, 0.1) is 25.4 Å². The van der Waals surface area contributed by atoms with Crippen LogP contribution in [0.3, 0.4) is 0 Å². The summed E-state index contributed by atoms with van der Waals surface area (Å²) < 4.78 is 38.2. The lowest BCUT2D eigenvalue weighted by molar-refractivity contribution is -0.178. The Morgan fingerprint density at radius 2 is 1.89 bits per heavy atom. The molecule has 0 bridgehead atoms. The maximum atomic E-state index is 13.3. The zero-order chi connectivity index (χ0) is 19.2. The summed E-state index contributed by atoms with van der Waals surface area (Å²) in [6.07, 6.45) is 5.28. The van der Waals surface area contributed by atoms with Crippen molar-refractivity contribution >= 4 is 0 Å². The highest BCUT2D eigenvalue weighted by Gasteiger charge is 2.31. The summed E-state index contributed by atoms with van der Waals surface area (Å²) >= 11 is 0. The van der Waals surface area contributed by atoms with Gasteiger partial charge in [-0.25, -0.2) is 8.78 Å². The van der Waals surface area contributed by atoms with Crippen LogP contribution in [0.2, 0.25) is 0 Å². The molecule has 4 atom stereocenters. The first-order valence-electron chi connectivity index (χ1n) is 9.86. The Bertz CT molecular complexity index is 570. The molecular formula is C20H30F2N2O3. The fourth-order valence-corrected chi connectivity index (χ4v) is 3.92. The van der Waals surface area contributed by atoms with Crippen molar-refractivity contribution in [1.29, 1.82) is 0 Å². The van der Waals surface area contributed by atoms with Crippen LogP contribution in [0, 0.1) is 17.6 Å². The SMILES string of the molecule is N[C@@H](Cc1cc(F)cc(F)c1)[C@H](O)[C@H]1CO[C@@H](OCC2CCCCC2)CN1. The van der Waals surface area contributed by atoms with E-state index in [-0.39, 0.29) is 25.4 Å². The van der Waals surface area contributed by atoms with E-state index in [1.54, 1.807) is 0 Å². The summed E-state index contributed by atoms with van der Waals surface area (Å²) in [5.74, 6) is -0.682. The molecule has 4 N–H and O–H groups in total. The number of ether oxygens (including phenoxy) is 2. The second-order valence-electron chi connectivity index (χ2n) is 7.75. The predicted octanol–water partition coefficient (Wildman–Crippen LogP) is 2.11. The van der Waals surface area contributed by atoms with Crippen molar-refractivity contribution in [3.05, 3.63) is 35.4 Å². The minimum atomic E-state index is -0.893. The van der Waals surface area contributed by atoms with E-state index in [0.717, 1.165) is 6.07 Å². The third-order valence-corrected chi connectivity index (χ3v) is 5.50. The summed E-state index contributed by atoms with van der Waals surface area (Å²) in [5.41, 5.74) is 6.47. The monoisotopic (exact) mass is 384 g/mol. The van der Waals surface area contributed by atoms with Gasteiger partial charge in [0.15, 0.2) is 6.29 Å². The van der Waals surface area contributed by atoms with Crippen molar-refractivity contribution in [2.45, 2.75) is 63.0 Å². The third kappa shape index (κ3) is 6.19. The first kappa shape index (κ1) is 20.6. The van der Waals surface area contributed by atoms with Crippen molar-refractivity contribution < 1.29 is 23.4 Å². The molecule has 1 aliphatic heterocycles. The molecule has 5 nitrogen and oxygen atoms in total. The number of hydrogen-bond donors (Lipinski definition) is 3. The van der Waals surface area contributed by atoms with Gasteiger partial charge in [-0.1, -0.05) is 19.3 Å². The van der Waals surface area contributed by atoms with Crippen LogP contribution in [0.25, 0.3) is 0 Å². The molecule has 1 aromatic rings. The molecule has 1 aromatic carbocycles. The van der Waals surface area contributed by atoms with Gasteiger partial charge in [-0.05, 0) is 42.9 Å². The molecule has 3 rings (SSSR count). The van der Waals surface area contributed by atoms with Gasteiger partial charge >= 0.3 is 0 Å². The second-order valence-corrected chi connectivity index (χ2v) is 7.75. The van der Waals surface area contributed by atoms with Gasteiger partial charge in [0, 0.05) is 18.7 Å². The predicted molar refractivity (Wildman–Crippen MR) is 98.1 cm³/mol. The van der Waals surface area contributed by atoms with Gasteiger partial charge in [-0.15, -0.1) is 0 Å². The molecule has 0 aromatic heterocycles. The number of nitrogens with two attached hydrogens (primary N) is 1. The van der Waals surface area contributed by atoms with Crippen LogP contribution in [0.4, 0.5) is 8.78 Å². The first-order valence-corrected chi connectivity index (χ1v) is 9.86. The number of aliphatic hydroxyl groups is 1. The molecular weight excluding hydrogens is 354 g/mol. The van der Waals surface area contributed by atoms with Gasteiger partial charge < -0.3 is 25.6 Å². The standard InChI is InChI=1S/C20H30F2N2O3/c21-15-6-14(7-16(22)9-15)8-17(23)20(25)18-12-27-19(10-24-18)26-11-13-4-2-1-3-5-13/h6-7,9,13,17-20,24-25H,1-5,8,10-12,23H2/t17-,18+,19+,20-/m0/s1. The third-order valence-electron chi connectivity index (χ3n) is 5.50. The normalized spacial score (nSPS) is 26.7. The maximum absolute atomic E-state index is 13.3. The lowest BCUT2D eigenvalue weighted by Gasteiger charge is -2.35. The van der Waals surface area contributed by atoms with E-state index in [2.05, 4.69) is 5.32 Å². The van der Waals surface area contributed by atoms with E-state index < -0.39 is 23.8 Å². The van der Waals surface area contributed by atoms with Crippen LogP contribution < -0.4 is 11.1 Å². The molecule has 2 fully saturated rings. The molecule has 0 unspecified atom stereocenters. The molecule has 1 saturated carbocycles.